The number of hydrogen-bond donors (Lipinski definition) is 0. The second-order valence-corrected chi connectivity index (χ2v) is 9.83. The van der Waals surface area contributed by atoms with Gasteiger partial charge in [0.05, 0.1) is 23.6 Å². The number of carbonyl (C=O) groups is 2. The quantitative estimate of drug-likeness (QED) is 0.296. The monoisotopic (exact) mass is 529 g/mol. The van der Waals surface area contributed by atoms with E-state index in [-0.39, 0.29) is 18.6 Å². The summed E-state index contributed by atoms with van der Waals surface area (Å²) < 4.78 is 22.0. The average molecular weight is 530 g/mol. The first-order valence-corrected chi connectivity index (χ1v) is 13.5. The fraction of sp³-hybridized carbons (Fsp3) is 0.367. The molecule has 1 aliphatic heterocycles. The van der Waals surface area contributed by atoms with Crippen molar-refractivity contribution in [3.8, 4) is 22.5 Å². The van der Waals surface area contributed by atoms with E-state index in [9.17, 15) is 9.59 Å². The lowest BCUT2D eigenvalue weighted by Gasteiger charge is -2.27. The van der Waals surface area contributed by atoms with E-state index in [0.29, 0.717) is 45.8 Å². The molecular weight excluding hydrogens is 497 g/mol. The molecule has 0 radical (unpaired) electrons. The smallest absolute Gasteiger partial charge is 0.339 e. The van der Waals surface area contributed by atoms with Gasteiger partial charge in [-0.25, -0.2) is 18.7 Å². The molecule has 0 bridgehead atoms. The highest BCUT2D eigenvalue weighted by Crippen LogP contribution is 2.28. The van der Waals surface area contributed by atoms with Gasteiger partial charge in [-0.1, -0.05) is 25.8 Å². The van der Waals surface area contributed by atoms with Crippen LogP contribution in [0.3, 0.4) is 0 Å². The first-order valence-electron chi connectivity index (χ1n) is 13.5. The van der Waals surface area contributed by atoms with Crippen molar-refractivity contribution in [1.29, 1.82) is 0 Å². The van der Waals surface area contributed by atoms with Gasteiger partial charge in [-0.15, -0.1) is 0 Å². The summed E-state index contributed by atoms with van der Waals surface area (Å²) in [6.07, 6.45) is 6.31. The summed E-state index contributed by atoms with van der Waals surface area (Å²) in [4.78, 5) is 36.1. The minimum absolute atomic E-state index is 0.0682. The molecule has 1 amide bonds. The lowest BCUT2D eigenvalue weighted by Crippen LogP contribution is -2.38. The van der Waals surface area contributed by atoms with Gasteiger partial charge in [-0.05, 0) is 63.4 Å². The Kier molecular flexibility index (Phi) is 7.67. The van der Waals surface area contributed by atoms with Gasteiger partial charge in [0.1, 0.15) is 11.5 Å². The Morgan fingerprint density at radius 3 is 2.62 bits per heavy atom. The number of carbonyl (C=O) groups excluding carboxylic acids is 2. The molecule has 1 aliphatic rings. The molecule has 1 fully saturated rings. The molecule has 1 saturated heterocycles. The van der Waals surface area contributed by atoms with Crippen molar-refractivity contribution in [3.05, 3.63) is 71.4 Å². The Morgan fingerprint density at radius 1 is 1.05 bits per heavy atom. The van der Waals surface area contributed by atoms with E-state index in [4.69, 9.17) is 4.74 Å². The van der Waals surface area contributed by atoms with Gasteiger partial charge in [-0.3, -0.25) is 9.78 Å². The predicted octanol–water partition coefficient (Wildman–Crippen LogP) is 5.74. The molecule has 8 nitrogen and oxygen atoms in total. The molecule has 1 aromatic carbocycles. The number of benzene rings is 1. The van der Waals surface area contributed by atoms with Gasteiger partial charge >= 0.3 is 5.97 Å². The van der Waals surface area contributed by atoms with Crippen LogP contribution in [0.25, 0.3) is 28.2 Å². The molecule has 3 aromatic heterocycles. The zero-order valence-electron chi connectivity index (χ0n) is 22.5. The molecular formula is C30H32FN5O3. The minimum atomic E-state index is -0.458. The van der Waals surface area contributed by atoms with Crippen molar-refractivity contribution in [2.75, 3.05) is 13.2 Å². The number of amides is 1. The summed E-state index contributed by atoms with van der Waals surface area (Å²) in [5.74, 6) is -0.975. The first-order chi connectivity index (χ1) is 18.9. The Hall–Kier alpha value is -4.14. The first kappa shape index (κ1) is 26.5. The number of hydrogen-bond acceptors (Lipinski definition) is 6. The van der Waals surface area contributed by atoms with Crippen LogP contribution in [0.4, 0.5) is 4.39 Å². The van der Waals surface area contributed by atoms with E-state index < -0.39 is 11.8 Å². The fourth-order valence-electron chi connectivity index (χ4n) is 5.04. The highest BCUT2D eigenvalue weighted by molar-refractivity contribution is 5.93. The number of ether oxygens (including phenoxy) is 1. The van der Waals surface area contributed by atoms with Crippen molar-refractivity contribution >= 4 is 17.5 Å². The number of aryl methyl sites for hydroxylation is 1. The van der Waals surface area contributed by atoms with Crippen LogP contribution in [-0.2, 0) is 11.2 Å². The fourth-order valence-corrected chi connectivity index (χ4v) is 5.04. The van der Waals surface area contributed by atoms with Gasteiger partial charge in [-0.2, -0.15) is 5.10 Å². The Bertz CT molecular complexity index is 1520. The molecule has 1 atom stereocenters. The van der Waals surface area contributed by atoms with E-state index in [1.54, 1.807) is 47.8 Å². The molecule has 4 aromatic rings. The maximum absolute atomic E-state index is 15.3. The predicted molar refractivity (Wildman–Crippen MR) is 146 cm³/mol. The summed E-state index contributed by atoms with van der Waals surface area (Å²) in [5, 5.41) is 4.63. The lowest BCUT2D eigenvalue weighted by molar-refractivity contribution is 0.0525. The number of pyridine rings is 1. The van der Waals surface area contributed by atoms with Gasteiger partial charge in [0.25, 0.3) is 5.91 Å². The van der Waals surface area contributed by atoms with Crippen molar-refractivity contribution in [1.82, 2.24) is 24.5 Å². The van der Waals surface area contributed by atoms with Gasteiger partial charge in [0.15, 0.2) is 5.65 Å². The van der Waals surface area contributed by atoms with Crippen LogP contribution >= 0.6 is 0 Å². The topological polar surface area (TPSA) is 89.7 Å². The molecule has 202 valence electrons. The lowest BCUT2D eigenvalue weighted by atomic mass is 10.1. The summed E-state index contributed by atoms with van der Waals surface area (Å²) in [5.41, 5.74) is 3.93. The normalized spacial score (nSPS) is 15.8. The van der Waals surface area contributed by atoms with Crippen LogP contribution in [0.2, 0.25) is 0 Å². The standard InChI is InChI=1S/C30H32FN5O3/c1-4-22-16-27(29(37)35-14-8-6-7-9-19(35)3)33-28-17-26(34-36(22)28)23-12-10-20(15-24(23)31)25-13-11-21(18-32-25)30(38)39-5-2/h10-13,15-19H,4-9,14H2,1-3H3/t19-/m1/s1. The van der Waals surface area contributed by atoms with Crippen LogP contribution in [0.1, 0.15) is 73.0 Å². The zero-order chi connectivity index (χ0) is 27.5. The van der Waals surface area contributed by atoms with E-state index in [0.717, 1.165) is 37.9 Å². The van der Waals surface area contributed by atoms with Crippen LogP contribution < -0.4 is 0 Å². The molecule has 0 unspecified atom stereocenters. The zero-order valence-corrected chi connectivity index (χ0v) is 22.5. The summed E-state index contributed by atoms with van der Waals surface area (Å²) in [6, 6.07) is 11.8. The maximum Gasteiger partial charge on any atom is 0.339 e. The van der Waals surface area contributed by atoms with Crippen LogP contribution in [0.15, 0.2) is 48.7 Å². The van der Waals surface area contributed by atoms with Crippen molar-refractivity contribution < 1.29 is 18.7 Å². The average Bonchev–Trinajstić information content (AvgIpc) is 3.26. The number of esters is 1. The Labute approximate surface area is 226 Å². The van der Waals surface area contributed by atoms with E-state index in [1.807, 2.05) is 11.8 Å². The number of aromatic nitrogens is 4. The van der Waals surface area contributed by atoms with Gasteiger partial charge in [0, 0.05) is 41.7 Å². The number of likely N-dealkylation sites (tertiary alicyclic amines) is 1. The number of fused-ring (bicyclic) bond motifs is 1. The van der Waals surface area contributed by atoms with Crippen LogP contribution in [0.5, 0.6) is 0 Å². The molecule has 9 heteroatoms. The van der Waals surface area contributed by atoms with E-state index >= 15 is 4.39 Å². The number of rotatable bonds is 6. The molecule has 4 heterocycles. The van der Waals surface area contributed by atoms with Crippen LogP contribution in [-0.4, -0.2) is 55.6 Å². The second kappa shape index (κ2) is 11.3. The maximum atomic E-state index is 15.3. The summed E-state index contributed by atoms with van der Waals surface area (Å²) in [6.45, 7) is 6.84. The third-order valence-corrected chi connectivity index (χ3v) is 7.21. The van der Waals surface area contributed by atoms with E-state index in [1.165, 1.54) is 12.3 Å². The minimum Gasteiger partial charge on any atom is -0.462 e. The second-order valence-electron chi connectivity index (χ2n) is 9.83. The Balaban J connectivity index is 1.44. The van der Waals surface area contributed by atoms with Crippen molar-refractivity contribution in [2.45, 2.75) is 58.9 Å². The van der Waals surface area contributed by atoms with Crippen LogP contribution in [0, 0.1) is 5.82 Å². The van der Waals surface area contributed by atoms with E-state index in [2.05, 4.69) is 22.0 Å². The highest BCUT2D eigenvalue weighted by atomic mass is 19.1. The molecule has 0 aliphatic carbocycles. The Morgan fingerprint density at radius 2 is 1.90 bits per heavy atom. The highest BCUT2D eigenvalue weighted by Gasteiger charge is 2.25. The van der Waals surface area contributed by atoms with Gasteiger partial charge < -0.3 is 9.64 Å². The molecule has 0 N–H and O–H groups in total. The third kappa shape index (κ3) is 5.39. The SMILES string of the molecule is CCOC(=O)c1ccc(-c2ccc(-c3cc4nc(C(=O)N5CCCCC[C@H]5C)cc(CC)n4n3)c(F)c2)nc1. The van der Waals surface area contributed by atoms with Crippen molar-refractivity contribution in [2.24, 2.45) is 0 Å². The number of halogens is 1. The third-order valence-electron chi connectivity index (χ3n) is 7.21. The largest absolute Gasteiger partial charge is 0.462 e. The molecule has 5 rings (SSSR count). The molecule has 39 heavy (non-hydrogen) atoms. The molecule has 0 saturated carbocycles. The molecule has 0 spiro atoms. The summed E-state index contributed by atoms with van der Waals surface area (Å²) >= 11 is 0. The number of nitrogens with zero attached hydrogens (tertiary/aromatic N) is 5. The summed E-state index contributed by atoms with van der Waals surface area (Å²) in [7, 11) is 0. The van der Waals surface area contributed by atoms with Crippen molar-refractivity contribution in [3.63, 3.8) is 0 Å². The van der Waals surface area contributed by atoms with Gasteiger partial charge in [0.2, 0.25) is 0 Å².